The minimum absolute atomic E-state index is 0.0239. The second-order valence-corrected chi connectivity index (χ2v) is 7.10. The molecule has 3 rings (SSSR count). The SMILES string of the molecule is COc1ccc(OC)c(CN(C(=O)O)c2ccnc(N(C)CCOc3ccc(N)cc3)n2)c1. The van der Waals surface area contributed by atoms with Crippen molar-refractivity contribution in [2.45, 2.75) is 6.54 Å². The zero-order valence-corrected chi connectivity index (χ0v) is 18.8. The minimum Gasteiger partial charge on any atom is -0.497 e. The summed E-state index contributed by atoms with van der Waals surface area (Å²) in [4.78, 5) is 23.7. The highest BCUT2D eigenvalue weighted by Crippen LogP contribution is 2.27. The summed E-state index contributed by atoms with van der Waals surface area (Å²) in [5, 5.41) is 9.85. The van der Waals surface area contributed by atoms with E-state index in [2.05, 4.69) is 9.97 Å². The number of ether oxygens (including phenoxy) is 3. The van der Waals surface area contributed by atoms with Crippen LogP contribution in [0.1, 0.15) is 5.56 Å². The number of likely N-dealkylation sites (N-methyl/N-ethyl adjacent to an activating group) is 1. The van der Waals surface area contributed by atoms with Crippen LogP contribution in [0.15, 0.2) is 54.7 Å². The van der Waals surface area contributed by atoms with Crippen LogP contribution < -0.4 is 29.7 Å². The highest BCUT2D eigenvalue weighted by atomic mass is 16.5. The molecule has 0 aliphatic carbocycles. The van der Waals surface area contributed by atoms with Crippen LogP contribution in [-0.2, 0) is 6.54 Å². The average molecular weight is 453 g/mol. The summed E-state index contributed by atoms with van der Waals surface area (Å²) in [6, 6.07) is 13.9. The van der Waals surface area contributed by atoms with E-state index in [1.807, 2.05) is 7.05 Å². The first-order chi connectivity index (χ1) is 15.9. The van der Waals surface area contributed by atoms with Gasteiger partial charge in [0.25, 0.3) is 0 Å². The Bertz CT molecular complexity index is 1080. The molecule has 0 unspecified atom stereocenters. The predicted octanol–water partition coefficient (Wildman–Crippen LogP) is 3.28. The summed E-state index contributed by atoms with van der Waals surface area (Å²) in [7, 11) is 4.88. The Morgan fingerprint density at radius 2 is 1.79 bits per heavy atom. The number of aromatic nitrogens is 2. The molecule has 0 aliphatic rings. The molecule has 10 nitrogen and oxygen atoms in total. The Morgan fingerprint density at radius 1 is 1.06 bits per heavy atom. The maximum absolute atomic E-state index is 12.0. The van der Waals surface area contributed by atoms with Gasteiger partial charge in [0.15, 0.2) is 0 Å². The van der Waals surface area contributed by atoms with Crippen LogP contribution in [0.2, 0.25) is 0 Å². The lowest BCUT2D eigenvalue weighted by Gasteiger charge is -2.22. The molecule has 0 bridgehead atoms. The van der Waals surface area contributed by atoms with Crippen molar-refractivity contribution in [3.63, 3.8) is 0 Å². The number of nitrogen functional groups attached to an aromatic ring is 1. The summed E-state index contributed by atoms with van der Waals surface area (Å²) in [6.07, 6.45) is 0.368. The van der Waals surface area contributed by atoms with E-state index < -0.39 is 6.09 Å². The molecule has 1 aromatic heterocycles. The van der Waals surface area contributed by atoms with Gasteiger partial charge in [-0.1, -0.05) is 0 Å². The Hall–Kier alpha value is -4.21. The van der Waals surface area contributed by atoms with E-state index in [0.29, 0.717) is 47.6 Å². The van der Waals surface area contributed by atoms with Gasteiger partial charge in [-0.3, -0.25) is 4.90 Å². The van der Waals surface area contributed by atoms with Gasteiger partial charge in [0.05, 0.1) is 27.3 Å². The van der Waals surface area contributed by atoms with E-state index in [-0.39, 0.29) is 12.4 Å². The number of hydrogen-bond donors (Lipinski definition) is 2. The Balaban J connectivity index is 1.72. The molecular weight excluding hydrogens is 426 g/mol. The fraction of sp³-hybridized carbons (Fsp3) is 0.261. The highest BCUT2D eigenvalue weighted by Gasteiger charge is 2.20. The van der Waals surface area contributed by atoms with E-state index in [9.17, 15) is 9.90 Å². The summed E-state index contributed by atoms with van der Waals surface area (Å²) in [5.74, 6) is 2.46. The monoisotopic (exact) mass is 453 g/mol. The number of nitrogens with zero attached hydrogens (tertiary/aromatic N) is 4. The van der Waals surface area contributed by atoms with Gasteiger partial charge >= 0.3 is 6.09 Å². The van der Waals surface area contributed by atoms with Gasteiger partial charge in [-0.25, -0.2) is 9.78 Å². The second-order valence-electron chi connectivity index (χ2n) is 7.10. The first-order valence-corrected chi connectivity index (χ1v) is 10.1. The molecule has 33 heavy (non-hydrogen) atoms. The van der Waals surface area contributed by atoms with Crippen LogP contribution >= 0.6 is 0 Å². The first kappa shape index (κ1) is 23.5. The molecule has 0 saturated carbocycles. The predicted molar refractivity (Wildman–Crippen MR) is 125 cm³/mol. The maximum Gasteiger partial charge on any atom is 0.413 e. The Morgan fingerprint density at radius 3 is 2.45 bits per heavy atom. The van der Waals surface area contributed by atoms with Crippen LogP contribution in [0, 0.1) is 0 Å². The molecule has 174 valence electrons. The third-order valence-electron chi connectivity index (χ3n) is 4.87. The summed E-state index contributed by atoms with van der Waals surface area (Å²) < 4.78 is 16.3. The highest BCUT2D eigenvalue weighted by molar-refractivity contribution is 5.84. The number of carboxylic acid groups (broad SMARTS) is 1. The molecule has 0 spiro atoms. The number of nitrogens with two attached hydrogens (primary N) is 1. The number of carbonyl (C=O) groups is 1. The molecule has 2 aromatic carbocycles. The van der Waals surface area contributed by atoms with E-state index in [1.165, 1.54) is 13.3 Å². The van der Waals surface area contributed by atoms with Crippen molar-refractivity contribution in [2.75, 3.05) is 50.0 Å². The van der Waals surface area contributed by atoms with Crippen molar-refractivity contribution < 1.29 is 24.1 Å². The van der Waals surface area contributed by atoms with Crippen LogP contribution in [0.3, 0.4) is 0 Å². The van der Waals surface area contributed by atoms with Crippen molar-refractivity contribution in [1.29, 1.82) is 0 Å². The van der Waals surface area contributed by atoms with Crippen molar-refractivity contribution >= 4 is 23.5 Å². The molecule has 0 fully saturated rings. The molecule has 1 amide bonds. The van der Waals surface area contributed by atoms with E-state index >= 15 is 0 Å². The van der Waals surface area contributed by atoms with Gasteiger partial charge in [-0.15, -0.1) is 0 Å². The molecule has 1 heterocycles. The van der Waals surface area contributed by atoms with Crippen molar-refractivity contribution in [3.8, 4) is 17.2 Å². The number of rotatable bonds is 10. The molecule has 0 atom stereocenters. The van der Waals surface area contributed by atoms with Gasteiger partial charge in [-0.2, -0.15) is 4.98 Å². The molecule has 10 heteroatoms. The van der Waals surface area contributed by atoms with Crippen molar-refractivity contribution in [1.82, 2.24) is 9.97 Å². The molecule has 3 aromatic rings. The van der Waals surface area contributed by atoms with Gasteiger partial charge in [-0.05, 0) is 48.5 Å². The maximum atomic E-state index is 12.0. The quantitative estimate of drug-likeness (QED) is 0.445. The van der Waals surface area contributed by atoms with Crippen LogP contribution in [0.5, 0.6) is 17.2 Å². The number of hydrogen-bond acceptors (Lipinski definition) is 8. The molecular formula is C23H27N5O5. The topological polar surface area (TPSA) is 123 Å². The lowest BCUT2D eigenvalue weighted by molar-refractivity contribution is 0.201. The summed E-state index contributed by atoms with van der Waals surface area (Å²) in [6.45, 7) is 0.901. The van der Waals surface area contributed by atoms with Gasteiger partial charge in [0.2, 0.25) is 5.95 Å². The van der Waals surface area contributed by atoms with E-state index in [4.69, 9.17) is 19.9 Å². The van der Waals surface area contributed by atoms with Gasteiger partial charge in [0, 0.05) is 24.5 Å². The zero-order valence-electron chi connectivity index (χ0n) is 18.8. The summed E-state index contributed by atoms with van der Waals surface area (Å²) >= 11 is 0. The Labute approximate surface area is 192 Å². The lowest BCUT2D eigenvalue weighted by atomic mass is 10.1. The van der Waals surface area contributed by atoms with Crippen molar-refractivity contribution in [3.05, 3.63) is 60.3 Å². The molecule has 0 saturated heterocycles. The summed E-state index contributed by atoms with van der Waals surface area (Å²) in [5.41, 5.74) is 6.99. The third kappa shape index (κ3) is 6.16. The number of anilines is 3. The van der Waals surface area contributed by atoms with Gasteiger partial charge < -0.3 is 30.0 Å². The first-order valence-electron chi connectivity index (χ1n) is 10.1. The zero-order chi connectivity index (χ0) is 23.8. The standard InChI is InChI=1S/C23H27N5O5/c1-27(12-13-33-18-6-4-17(24)5-7-18)22-25-11-10-21(26-22)28(23(29)30)15-16-14-19(31-2)8-9-20(16)32-3/h4-11,14H,12-13,15,24H2,1-3H3,(H,29,30). The molecule has 0 radical (unpaired) electrons. The number of benzene rings is 2. The average Bonchev–Trinajstić information content (AvgIpc) is 2.83. The third-order valence-corrected chi connectivity index (χ3v) is 4.87. The van der Waals surface area contributed by atoms with E-state index in [0.717, 1.165) is 4.90 Å². The Kier molecular flexibility index (Phi) is 7.74. The largest absolute Gasteiger partial charge is 0.497 e. The fourth-order valence-corrected chi connectivity index (χ4v) is 3.06. The lowest BCUT2D eigenvalue weighted by Crippen LogP contribution is -2.31. The fourth-order valence-electron chi connectivity index (χ4n) is 3.06. The van der Waals surface area contributed by atoms with Crippen LogP contribution in [-0.4, -0.2) is 55.6 Å². The van der Waals surface area contributed by atoms with Crippen LogP contribution in [0.4, 0.5) is 22.2 Å². The normalized spacial score (nSPS) is 10.4. The second kappa shape index (κ2) is 10.9. The minimum atomic E-state index is -1.15. The number of methoxy groups -OCH3 is 2. The van der Waals surface area contributed by atoms with Crippen molar-refractivity contribution in [2.24, 2.45) is 0 Å². The van der Waals surface area contributed by atoms with Gasteiger partial charge in [0.1, 0.15) is 29.7 Å². The smallest absolute Gasteiger partial charge is 0.413 e. The molecule has 0 aliphatic heterocycles. The number of amides is 1. The molecule has 3 N–H and O–H groups in total. The van der Waals surface area contributed by atoms with E-state index in [1.54, 1.807) is 60.5 Å². The van der Waals surface area contributed by atoms with Crippen LogP contribution in [0.25, 0.3) is 0 Å².